The van der Waals surface area contributed by atoms with Crippen molar-refractivity contribution >= 4 is 27.4 Å². The van der Waals surface area contributed by atoms with Gasteiger partial charge in [-0.3, -0.25) is 4.79 Å². The van der Waals surface area contributed by atoms with Crippen LogP contribution in [0.4, 0.5) is 5.69 Å². The minimum Gasteiger partial charge on any atom is -0.294 e. The van der Waals surface area contributed by atoms with E-state index in [0.29, 0.717) is 16.6 Å². The number of benzene rings is 1. The smallest absolute Gasteiger partial charge is 0.294 e. The summed E-state index contributed by atoms with van der Waals surface area (Å²) in [7, 11) is 0. The first kappa shape index (κ1) is 8.39. The van der Waals surface area contributed by atoms with Crippen LogP contribution in [0.5, 0.6) is 0 Å². The molecule has 4 heteroatoms. The number of halogens is 1. The van der Waals surface area contributed by atoms with Gasteiger partial charge in [-0.25, -0.2) is 0 Å². The number of carbonyl (C=O) groups is 1. The third kappa shape index (κ3) is 1.25. The maximum atomic E-state index is 11.3. The monoisotopic (exact) mass is 237 g/mol. The van der Waals surface area contributed by atoms with Gasteiger partial charge in [0.2, 0.25) is 5.39 Å². The van der Waals surface area contributed by atoms with E-state index >= 15 is 0 Å². The number of aryl methyl sites for hydroxylation is 1. The van der Waals surface area contributed by atoms with Crippen LogP contribution in [0.1, 0.15) is 22.3 Å². The summed E-state index contributed by atoms with van der Waals surface area (Å²) in [4.78, 5) is 14.4. The zero-order chi connectivity index (χ0) is 9.42. The van der Waals surface area contributed by atoms with E-state index in [1.165, 1.54) is 0 Å². The molecule has 13 heavy (non-hydrogen) atoms. The van der Waals surface area contributed by atoms with Crippen LogP contribution in [0.2, 0.25) is 0 Å². The molecule has 0 unspecified atom stereocenters. The number of ketones is 1. The second-order valence-corrected chi connectivity index (χ2v) is 3.84. The van der Waals surface area contributed by atoms with Gasteiger partial charge in [-0.1, -0.05) is 0 Å². The largest absolute Gasteiger partial charge is 0.399 e. The molecule has 0 aliphatic heterocycles. The molecule has 0 saturated carbocycles. The number of carbonyl (C=O) groups excluding carboxylic acids is 1. The Kier molecular flexibility index (Phi) is 1.89. The summed E-state index contributed by atoms with van der Waals surface area (Å²) in [6, 6.07) is 3.46. The minimum atomic E-state index is 0.167. The van der Waals surface area contributed by atoms with Gasteiger partial charge < -0.3 is 0 Å². The van der Waals surface area contributed by atoms with Crippen LogP contribution < -0.4 is 0 Å². The third-order valence-electron chi connectivity index (χ3n) is 2.20. The van der Waals surface area contributed by atoms with Crippen molar-refractivity contribution in [1.82, 2.24) is 0 Å². The number of fused-ring (bicyclic) bond motifs is 1. The highest BCUT2D eigenvalue weighted by atomic mass is 79.9. The predicted molar refractivity (Wildman–Crippen MR) is 51.5 cm³/mol. The van der Waals surface area contributed by atoms with Gasteiger partial charge in [-0.15, -0.1) is 0 Å². The first-order valence-corrected chi connectivity index (χ1v) is 4.72. The van der Waals surface area contributed by atoms with Crippen molar-refractivity contribution in [2.24, 2.45) is 0 Å². The molecule has 64 valence electrons. The number of diazo groups is 1. The fourth-order valence-electron chi connectivity index (χ4n) is 1.53. The van der Waals surface area contributed by atoms with E-state index in [1.807, 2.05) is 0 Å². The number of nitrogens with zero attached hydrogens (tertiary/aromatic N) is 2. The van der Waals surface area contributed by atoms with Crippen LogP contribution in [-0.2, 0) is 6.42 Å². The van der Waals surface area contributed by atoms with Crippen LogP contribution in [-0.4, -0.2) is 5.78 Å². The molecule has 2 rings (SSSR count). The molecule has 0 bridgehead atoms. The SMILES string of the molecule is N#[N+]c1cc2c(cc1Br)C(=O)CC2. The molecule has 1 aliphatic carbocycles. The average Bonchev–Trinajstić information content (AvgIpc) is 2.47. The second-order valence-electron chi connectivity index (χ2n) is 2.98. The van der Waals surface area contributed by atoms with Crippen LogP contribution in [0.3, 0.4) is 0 Å². The van der Waals surface area contributed by atoms with Gasteiger partial charge in [0, 0.05) is 18.1 Å². The maximum absolute atomic E-state index is 11.3. The van der Waals surface area contributed by atoms with E-state index in [1.54, 1.807) is 12.1 Å². The molecule has 0 heterocycles. The number of Topliss-reactive ketones (excluding diaryl/α,β-unsaturated/α-hetero) is 1. The van der Waals surface area contributed by atoms with Crippen molar-refractivity contribution in [3.63, 3.8) is 0 Å². The third-order valence-corrected chi connectivity index (χ3v) is 2.84. The molecular weight excluding hydrogens is 232 g/mol. The van der Waals surface area contributed by atoms with Crippen molar-refractivity contribution < 1.29 is 4.79 Å². The van der Waals surface area contributed by atoms with E-state index in [0.717, 1.165) is 17.5 Å². The first-order chi connectivity index (χ1) is 6.22. The number of hydrogen-bond acceptors (Lipinski definition) is 2. The molecule has 0 amide bonds. The van der Waals surface area contributed by atoms with Crippen molar-refractivity contribution in [3.8, 4) is 0 Å². The lowest BCUT2D eigenvalue weighted by Gasteiger charge is -1.94. The first-order valence-electron chi connectivity index (χ1n) is 3.93. The Labute approximate surface area is 83.5 Å². The molecule has 1 aromatic rings. The lowest BCUT2D eigenvalue weighted by Crippen LogP contribution is -1.90. The highest BCUT2D eigenvalue weighted by molar-refractivity contribution is 9.10. The topological polar surface area (TPSA) is 45.2 Å². The van der Waals surface area contributed by atoms with Crippen molar-refractivity contribution in [3.05, 3.63) is 32.7 Å². The van der Waals surface area contributed by atoms with Gasteiger partial charge >= 0.3 is 5.69 Å². The van der Waals surface area contributed by atoms with E-state index in [9.17, 15) is 4.79 Å². The molecule has 0 radical (unpaired) electrons. The maximum Gasteiger partial charge on any atom is 0.399 e. The van der Waals surface area contributed by atoms with Gasteiger partial charge in [0.25, 0.3) is 0 Å². The normalized spacial score (nSPS) is 14.0. The predicted octanol–water partition coefficient (Wildman–Crippen LogP) is 3.06. The second kappa shape index (κ2) is 2.93. The van der Waals surface area contributed by atoms with Gasteiger partial charge in [0.15, 0.2) is 10.8 Å². The van der Waals surface area contributed by atoms with Crippen LogP contribution in [0, 0.1) is 5.39 Å². The Morgan fingerprint density at radius 1 is 1.38 bits per heavy atom. The van der Waals surface area contributed by atoms with Gasteiger partial charge in [-0.2, -0.15) is 0 Å². The molecule has 0 saturated heterocycles. The summed E-state index contributed by atoms with van der Waals surface area (Å²) in [5.74, 6) is 0.167. The molecule has 3 nitrogen and oxygen atoms in total. The zero-order valence-corrected chi connectivity index (χ0v) is 8.34. The van der Waals surface area contributed by atoms with E-state index < -0.39 is 0 Å². The number of rotatable bonds is 0. The Bertz CT molecular complexity index is 434. The Balaban J connectivity index is 2.65. The highest BCUT2D eigenvalue weighted by Gasteiger charge is 2.24. The fourth-order valence-corrected chi connectivity index (χ4v) is 1.95. The molecular formula is C9H6BrN2O+. The molecule has 0 spiro atoms. The van der Waals surface area contributed by atoms with Gasteiger partial charge in [0.1, 0.15) is 4.47 Å². The van der Waals surface area contributed by atoms with E-state index in [4.69, 9.17) is 5.39 Å². The molecule has 1 aromatic carbocycles. The highest BCUT2D eigenvalue weighted by Crippen LogP contribution is 2.33. The van der Waals surface area contributed by atoms with Crippen molar-refractivity contribution in [2.45, 2.75) is 12.8 Å². The quantitative estimate of drug-likeness (QED) is 0.652. The molecule has 0 aromatic heterocycles. The van der Waals surface area contributed by atoms with E-state index in [2.05, 4.69) is 20.9 Å². The van der Waals surface area contributed by atoms with Gasteiger partial charge in [0.05, 0.1) is 0 Å². The van der Waals surface area contributed by atoms with Crippen LogP contribution in [0.25, 0.3) is 4.98 Å². The molecule has 0 atom stereocenters. The van der Waals surface area contributed by atoms with Gasteiger partial charge in [-0.05, 0) is 34.0 Å². The summed E-state index contributed by atoms with van der Waals surface area (Å²) < 4.78 is 0.656. The fraction of sp³-hybridized carbons (Fsp3) is 0.222. The molecule has 0 fully saturated rings. The van der Waals surface area contributed by atoms with Crippen LogP contribution in [0.15, 0.2) is 16.6 Å². The zero-order valence-electron chi connectivity index (χ0n) is 6.75. The summed E-state index contributed by atoms with van der Waals surface area (Å²) in [6.07, 6.45) is 1.32. The summed E-state index contributed by atoms with van der Waals surface area (Å²) in [6.45, 7) is 0. The van der Waals surface area contributed by atoms with Crippen molar-refractivity contribution in [1.29, 1.82) is 5.39 Å². The summed E-state index contributed by atoms with van der Waals surface area (Å²) in [5.41, 5.74) is 2.20. The molecule has 0 N–H and O–H groups in total. The Hall–Kier alpha value is -1.21. The Morgan fingerprint density at radius 2 is 2.15 bits per heavy atom. The Morgan fingerprint density at radius 3 is 2.85 bits per heavy atom. The standard InChI is InChI=1S/C9H6BrN2O/c10-7-4-6-5(1-2-9(6)13)3-8(7)12-11/h3-4H,1-2H2/q+1. The molecule has 1 aliphatic rings. The lowest BCUT2D eigenvalue weighted by atomic mass is 10.1. The van der Waals surface area contributed by atoms with Crippen LogP contribution >= 0.6 is 15.9 Å². The van der Waals surface area contributed by atoms with E-state index in [-0.39, 0.29) is 5.78 Å². The summed E-state index contributed by atoms with van der Waals surface area (Å²) in [5, 5.41) is 8.63. The van der Waals surface area contributed by atoms with Crippen molar-refractivity contribution in [2.75, 3.05) is 0 Å². The number of hydrogen-bond donors (Lipinski definition) is 0. The lowest BCUT2D eigenvalue weighted by molar-refractivity contribution is 0.0994. The average molecular weight is 238 g/mol. The minimum absolute atomic E-state index is 0.167. The summed E-state index contributed by atoms with van der Waals surface area (Å²) >= 11 is 3.23.